The minimum absolute atomic E-state index is 0.129. The molecule has 2 aromatic carbocycles. The first-order chi connectivity index (χ1) is 12.1. The molecule has 5 heteroatoms. The quantitative estimate of drug-likeness (QED) is 0.776. The first-order valence-electron chi connectivity index (χ1n) is 8.45. The Bertz CT molecular complexity index is 684. The molecule has 0 fully saturated rings. The highest BCUT2D eigenvalue weighted by atomic mass is 16.5. The summed E-state index contributed by atoms with van der Waals surface area (Å²) >= 11 is 0. The Labute approximate surface area is 148 Å². The summed E-state index contributed by atoms with van der Waals surface area (Å²) < 4.78 is 5.48. The van der Waals surface area contributed by atoms with Gasteiger partial charge in [-0.1, -0.05) is 49.4 Å². The van der Waals surface area contributed by atoms with E-state index in [1.165, 1.54) is 0 Å². The molecule has 0 aliphatic heterocycles. The van der Waals surface area contributed by atoms with E-state index in [2.05, 4.69) is 10.6 Å². The lowest BCUT2D eigenvalue weighted by molar-refractivity contribution is -0.129. The van der Waals surface area contributed by atoms with Gasteiger partial charge in [-0.2, -0.15) is 0 Å². The molecular weight excluding hydrogens is 316 g/mol. The molecule has 2 aromatic rings. The fourth-order valence-corrected chi connectivity index (χ4v) is 2.27. The fourth-order valence-electron chi connectivity index (χ4n) is 2.27. The maximum absolute atomic E-state index is 11.9. The second-order valence-corrected chi connectivity index (χ2v) is 5.76. The normalized spacial score (nSPS) is 11.4. The molecule has 0 bridgehead atoms. The molecule has 2 rings (SSSR count). The van der Waals surface area contributed by atoms with Crippen LogP contribution in [0.5, 0.6) is 5.75 Å². The van der Waals surface area contributed by atoms with E-state index < -0.39 is 6.04 Å². The number of benzene rings is 2. The zero-order chi connectivity index (χ0) is 18.1. The molecule has 0 unspecified atom stereocenters. The molecule has 132 valence electrons. The molecule has 2 N–H and O–H groups in total. The summed E-state index contributed by atoms with van der Waals surface area (Å²) in [6.07, 6.45) is 0.856. The SMILES string of the molecule is CCCNC(=O)[C@H](C)NC(=O)COc1ccc(-c2ccccc2)cc1. The number of amides is 2. The third-order valence-corrected chi connectivity index (χ3v) is 3.65. The van der Waals surface area contributed by atoms with Gasteiger partial charge in [-0.05, 0) is 36.6 Å². The van der Waals surface area contributed by atoms with Crippen molar-refractivity contribution in [3.8, 4) is 16.9 Å². The standard InChI is InChI=1S/C20H24N2O3/c1-3-13-21-20(24)15(2)22-19(23)14-25-18-11-9-17(10-12-18)16-7-5-4-6-8-16/h4-12,15H,3,13-14H2,1-2H3,(H,21,24)(H,22,23)/t15-/m0/s1. The van der Waals surface area contributed by atoms with E-state index in [1.54, 1.807) is 6.92 Å². The van der Waals surface area contributed by atoms with E-state index >= 15 is 0 Å². The van der Waals surface area contributed by atoms with E-state index in [9.17, 15) is 9.59 Å². The molecule has 0 spiro atoms. The van der Waals surface area contributed by atoms with Crippen LogP contribution in [0.25, 0.3) is 11.1 Å². The summed E-state index contributed by atoms with van der Waals surface area (Å²) in [5, 5.41) is 5.36. The Morgan fingerprint density at radius 3 is 2.28 bits per heavy atom. The molecule has 0 aliphatic carbocycles. The van der Waals surface area contributed by atoms with Crippen molar-refractivity contribution >= 4 is 11.8 Å². The third kappa shape index (κ3) is 5.95. The summed E-state index contributed by atoms with van der Waals surface area (Å²) in [6, 6.07) is 17.0. The monoisotopic (exact) mass is 340 g/mol. The number of ether oxygens (including phenoxy) is 1. The van der Waals surface area contributed by atoms with Gasteiger partial charge in [0.15, 0.2) is 6.61 Å². The van der Waals surface area contributed by atoms with Crippen LogP contribution in [-0.2, 0) is 9.59 Å². The average molecular weight is 340 g/mol. The van der Waals surface area contributed by atoms with E-state index in [4.69, 9.17) is 4.74 Å². The number of carbonyl (C=O) groups excluding carboxylic acids is 2. The zero-order valence-electron chi connectivity index (χ0n) is 14.6. The highest BCUT2D eigenvalue weighted by molar-refractivity contribution is 5.87. The van der Waals surface area contributed by atoms with Crippen molar-refractivity contribution in [1.29, 1.82) is 0 Å². The van der Waals surface area contributed by atoms with Gasteiger partial charge in [-0.3, -0.25) is 9.59 Å². The van der Waals surface area contributed by atoms with Crippen LogP contribution in [0.1, 0.15) is 20.3 Å². The molecule has 0 aromatic heterocycles. The smallest absolute Gasteiger partial charge is 0.258 e. The van der Waals surface area contributed by atoms with Gasteiger partial charge in [-0.25, -0.2) is 0 Å². The highest BCUT2D eigenvalue weighted by Gasteiger charge is 2.15. The topological polar surface area (TPSA) is 67.4 Å². The fraction of sp³-hybridized carbons (Fsp3) is 0.300. The maximum atomic E-state index is 11.9. The Morgan fingerprint density at radius 1 is 1.00 bits per heavy atom. The first kappa shape index (κ1) is 18.5. The lowest BCUT2D eigenvalue weighted by atomic mass is 10.1. The Balaban J connectivity index is 1.81. The number of rotatable bonds is 8. The number of hydrogen-bond acceptors (Lipinski definition) is 3. The molecule has 2 amide bonds. The molecule has 0 radical (unpaired) electrons. The Kier molecular flexibility index (Phi) is 7.01. The molecule has 0 heterocycles. The van der Waals surface area contributed by atoms with E-state index in [-0.39, 0.29) is 18.4 Å². The predicted octanol–water partition coefficient (Wildman–Crippen LogP) is 2.76. The first-order valence-corrected chi connectivity index (χ1v) is 8.45. The second kappa shape index (κ2) is 9.47. The van der Waals surface area contributed by atoms with Crippen LogP contribution in [0.2, 0.25) is 0 Å². The minimum atomic E-state index is -0.580. The van der Waals surface area contributed by atoms with Crippen molar-refractivity contribution < 1.29 is 14.3 Å². The van der Waals surface area contributed by atoms with Gasteiger partial charge in [0.2, 0.25) is 5.91 Å². The molecule has 5 nitrogen and oxygen atoms in total. The maximum Gasteiger partial charge on any atom is 0.258 e. The predicted molar refractivity (Wildman–Crippen MR) is 98.3 cm³/mol. The summed E-state index contributed by atoms with van der Waals surface area (Å²) in [5.41, 5.74) is 2.21. The van der Waals surface area contributed by atoms with Crippen LogP contribution < -0.4 is 15.4 Å². The molecule has 0 saturated heterocycles. The number of hydrogen-bond donors (Lipinski definition) is 2. The molecule has 0 saturated carbocycles. The minimum Gasteiger partial charge on any atom is -0.484 e. The van der Waals surface area contributed by atoms with Crippen LogP contribution in [0.15, 0.2) is 54.6 Å². The van der Waals surface area contributed by atoms with Crippen LogP contribution in [0.4, 0.5) is 0 Å². The van der Waals surface area contributed by atoms with Gasteiger partial charge >= 0.3 is 0 Å². The van der Waals surface area contributed by atoms with Crippen LogP contribution in [0.3, 0.4) is 0 Å². The van der Waals surface area contributed by atoms with Crippen LogP contribution in [-0.4, -0.2) is 31.0 Å². The van der Waals surface area contributed by atoms with Gasteiger partial charge in [0, 0.05) is 6.54 Å². The molecular formula is C20H24N2O3. The van der Waals surface area contributed by atoms with Gasteiger partial charge < -0.3 is 15.4 Å². The second-order valence-electron chi connectivity index (χ2n) is 5.76. The van der Waals surface area contributed by atoms with Gasteiger partial charge in [0.05, 0.1) is 0 Å². The lowest BCUT2D eigenvalue weighted by Gasteiger charge is -2.14. The van der Waals surface area contributed by atoms with Crippen molar-refractivity contribution in [3.05, 3.63) is 54.6 Å². The third-order valence-electron chi connectivity index (χ3n) is 3.65. The van der Waals surface area contributed by atoms with Gasteiger partial charge in [0.1, 0.15) is 11.8 Å². The molecule has 1 atom stereocenters. The highest BCUT2D eigenvalue weighted by Crippen LogP contribution is 2.21. The average Bonchev–Trinajstić information content (AvgIpc) is 2.65. The van der Waals surface area contributed by atoms with Gasteiger partial charge in [0.25, 0.3) is 5.91 Å². The van der Waals surface area contributed by atoms with Gasteiger partial charge in [-0.15, -0.1) is 0 Å². The zero-order valence-corrected chi connectivity index (χ0v) is 14.6. The van der Waals surface area contributed by atoms with Crippen molar-refractivity contribution in [2.45, 2.75) is 26.3 Å². The lowest BCUT2D eigenvalue weighted by Crippen LogP contribution is -2.46. The van der Waals surface area contributed by atoms with Crippen molar-refractivity contribution in [2.24, 2.45) is 0 Å². The summed E-state index contributed by atoms with van der Waals surface area (Å²) in [7, 11) is 0. The summed E-state index contributed by atoms with van der Waals surface area (Å²) in [6.45, 7) is 4.09. The van der Waals surface area contributed by atoms with E-state index in [1.807, 2.05) is 61.5 Å². The van der Waals surface area contributed by atoms with E-state index in [0.29, 0.717) is 12.3 Å². The Hall–Kier alpha value is -2.82. The van der Waals surface area contributed by atoms with Crippen molar-refractivity contribution in [2.75, 3.05) is 13.2 Å². The van der Waals surface area contributed by atoms with Crippen LogP contribution >= 0.6 is 0 Å². The molecule has 0 aliphatic rings. The van der Waals surface area contributed by atoms with Crippen LogP contribution in [0, 0.1) is 0 Å². The largest absolute Gasteiger partial charge is 0.484 e. The van der Waals surface area contributed by atoms with Crippen molar-refractivity contribution in [3.63, 3.8) is 0 Å². The van der Waals surface area contributed by atoms with Crippen molar-refractivity contribution in [1.82, 2.24) is 10.6 Å². The number of carbonyl (C=O) groups is 2. The number of nitrogens with one attached hydrogen (secondary N) is 2. The Morgan fingerprint density at radius 2 is 1.64 bits per heavy atom. The summed E-state index contributed by atoms with van der Waals surface area (Å²) in [5.74, 6) is 0.0895. The van der Waals surface area contributed by atoms with E-state index in [0.717, 1.165) is 17.5 Å². The molecule has 25 heavy (non-hydrogen) atoms. The summed E-state index contributed by atoms with van der Waals surface area (Å²) in [4.78, 5) is 23.6.